The predicted molar refractivity (Wildman–Crippen MR) is 103 cm³/mol. The molecule has 1 fully saturated rings. The molecule has 1 amide bonds. The maximum absolute atomic E-state index is 12.7. The molecule has 0 N–H and O–H groups in total. The molecule has 8 heteroatoms. The van der Waals surface area contributed by atoms with Crippen LogP contribution in [0.4, 0.5) is 0 Å². The second kappa shape index (κ2) is 8.29. The van der Waals surface area contributed by atoms with Crippen LogP contribution in [0.5, 0.6) is 5.75 Å². The Hall–Kier alpha value is -2.09. The molecule has 1 aliphatic rings. The van der Waals surface area contributed by atoms with E-state index in [1.165, 1.54) is 4.31 Å². The Balaban J connectivity index is 1.59. The van der Waals surface area contributed by atoms with Crippen molar-refractivity contribution in [1.29, 1.82) is 0 Å². The fraction of sp³-hybridized carbons (Fsp3) is 0.316. The Bertz CT molecular complexity index is 897. The van der Waals surface area contributed by atoms with E-state index in [4.69, 9.17) is 16.3 Å². The summed E-state index contributed by atoms with van der Waals surface area (Å²) in [5.41, 5.74) is 0. The van der Waals surface area contributed by atoms with Crippen molar-refractivity contribution in [3.8, 4) is 5.75 Å². The van der Waals surface area contributed by atoms with E-state index < -0.39 is 16.1 Å². The SMILES string of the molecule is C[C@@H](Oc1cccc(Cl)c1)C(=O)N1CCN(S(=O)(=O)c2ccccc2)CC1. The molecule has 1 heterocycles. The van der Waals surface area contributed by atoms with E-state index in [0.717, 1.165) is 0 Å². The van der Waals surface area contributed by atoms with Crippen LogP contribution in [0.15, 0.2) is 59.5 Å². The molecule has 3 rings (SSSR count). The van der Waals surface area contributed by atoms with Crippen molar-refractivity contribution in [1.82, 2.24) is 9.21 Å². The van der Waals surface area contributed by atoms with Gasteiger partial charge in [0.1, 0.15) is 5.75 Å². The van der Waals surface area contributed by atoms with Crippen molar-refractivity contribution in [3.63, 3.8) is 0 Å². The molecule has 2 aromatic rings. The first kappa shape index (κ1) is 19.7. The Morgan fingerprint density at radius 3 is 2.33 bits per heavy atom. The summed E-state index contributed by atoms with van der Waals surface area (Å²) in [5, 5.41) is 0.534. The number of hydrogen-bond acceptors (Lipinski definition) is 4. The number of sulfonamides is 1. The van der Waals surface area contributed by atoms with Gasteiger partial charge in [-0.05, 0) is 37.3 Å². The normalized spacial score (nSPS) is 16.7. The van der Waals surface area contributed by atoms with Crippen molar-refractivity contribution in [2.45, 2.75) is 17.9 Å². The summed E-state index contributed by atoms with van der Waals surface area (Å²) in [4.78, 5) is 14.5. The van der Waals surface area contributed by atoms with Crippen molar-refractivity contribution in [2.75, 3.05) is 26.2 Å². The number of hydrogen-bond donors (Lipinski definition) is 0. The molecule has 144 valence electrons. The van der Waals surface area contributed by atoms with Crippen LogP contribution >= 0.6 is 11.6 Å². The molecule has 0 unspecified atom stereocenters. The van der Waals surface area contributed by atoms with Gasteiger partial charge in [0.15, 0.2) is 6.10 Å². The Labute approximate surface area is 164 Å². The van der Waals surface area contributed by atoms with Crippen LogP contribution in [0.2, 0.25) is 5.02 Å². The van der Waals surface area contributed by atoms with Gasteiger partial charge in [0.2, 0.25) is 10.0 Å². The van der Waals surface area contributed by atoms with Crippen LogP contribution in [0.25, 0.3) is 0 Å². The number of piperazine rings is 1. The second-order valence-electron chi connectivity index (χ2n) is 6.26. The first-order chi connectivity index (χ1) is 12.9. The standard InChI is InChI=1S/C19H21ClN2O4S/c1-15(26-17-7-5-6-16(20)14-17)19(23)21-10-12-22(13-11-21)27(24,25)18-8-3-2-4-9-18/h2-9,14-15H,10-13H2,1H3/t15-/m1/s1. The molecule has 27 heavy (non-hydrogen) atoms. The maximum atomic E-state index is 12.7. The molecule has 1 aliphatic heterocycles. The lowest BCUT2D eigenvalue weighted by Crippen LogP contribution is -2.53. The molecular formula is C19H21ClN2O4S. The van der Waals surface area contributed by atoms with Gasteiger partial charge in [-0.15, -0.1) is 0 Å². The van der Waals surface area contributed by atoms with E-state index in [-0.39, 0.29) is 23.9 Å². The fourth-order valence-corrected chi connectivity index (χ4v) is 4.57. The van der Waals surface area contributed by atoms with E-state index in [1.807, 2.05) is 0 Å². The van der Waals surface area contributed by atoms with Gasteiger partial charge in [0, 0.05) is 31.2 Å². The summed E-state index contributed by atoms with van der Waals surface area (Å²) in [7, 11) is -3.54. The van der Waals surface area contributed by atoms with Crippen molar-refractivity contribution in [2.24, 2.45) is 0 Å². The average molecular weight is 409 g/mol. The van der Waals surface area contributed by atoms with Crippen LogP contribution in [-0.4, -0.2) is 55.8 Å². The quantitative estimate of drug-likeness (QED) is 0.762. The number of ether oxygens (including phenoxy) is 1. The molecule has 0 aromatic heterocycles. The lowest BCUT2D eigenvalue weighted by atomic mass is 10.2. The summed E-state index contributed by atoms with van der Waals surface area (Å²) in [6.45, 7) is 2.85. The van der Waals surface area contributed by atoms with E-state index in [0.29, 0.717) is 23.9 Å². The van der Waals surface area contributed by atoms with Gasteiger partial charge in [-0.3, -0.25) is 4.79 Å². The highest BCUT2D eigenvalue weighted by Crippen LogP contribution is 2.20. The summed E-state index contributed by atoms with van der Waals surface area (Å²) >= 11 is 5.93. The topological polar surface area (TPSA) is 66.9 Å². The van der Waals surface area contributed by atoms with Crippen LogP contribution in [0.1, 0.15) is 6.92 Å². The fourth-order valence-electron chi connectivity index (χ4n) is 2.94. The molecule has 1 atom stereocenters. The summed E-state index contributed by atoms with van der Waals surface area (Å²) < 4.78 is 32.4. The number of rotatable bonds is 5. The molecule has 0 bridgehead atoms. The Morgan fingerprint density at radius 1 is 1.04 bits per heavy atom. The van der Waals surface area contributed by atoms with Gasteiger partial charge < -0.3 is 9.64 Å². The molecule has 0 aliphatic carbocycles. The van der Waals surface area contributed by atoms with Gasteiger partial charge in [-0.25, -0.2) is 8.42 Å². The number of nitrogens with zero attached hydrogens (tertiary/aromatic N) is 2. The zero-order valence-corrected chi connectivity index (χ0v) is 16.5. The summed E-state index contributed by atoms with van der Waals surface area (Å²) in [6.07, 6.45) is -0.680. The summed E-state index contributed by atoms with van der Waals surface area (Å²) in [6, 6.07) is 15.2. The van der Waals surface area contributed by atoms with Crippen LogP contribution in [0.3, 0.4) is 0 Å². The smallest absolute Gasteiger partial charge is 0.263 e. The predicted octanol–water partition coefficient (Wildman–Crippen LogP) is 2.64. The van der Waals surface area contributed by atoms with E-state index in [2.05, 4.69) is 0 Å². The van der Waals surface area contributed by atoms with Crippen LogP contribution in [0, 0.1) is 0 Å². The Kier molecular flexibility index (Phi) is 6.04. The molecule has 2 aromatic carbocycles. The average Bonchev–Trinajstić information content (AvgIpc) is 2.68. The van der Waals surface area contributed by atoms with Crippen LogP contribution in [-0.2, 0) is 14.8 Å². The third-order valence-electron chi connectivity index (χ3n) is 4.39. The van der Waals surface area contributed by atoms with Gasteiger partial charge in [0.25, 0.3) is 5.91 Å². The molecule has 0 spiro atoms. The molecular weight excluding hydrogens is 388 g/mol. The Morgan fingerprint density at radius 2 is 1.70 bits per heavy atom. The van der Waals surface area contributed by atoms with Gasteiger partial charge >= 0.3 is 0 Å². The van der Waals surface area contributed by atoms with E-state index in [9.17, 15) is 13.2 Å². The summed E-state index contributed by atoms with van der Waals surface area (Å²) in [5.74, 6) is 0.348. The first-order valence-corrected chi connectivity index (χ1v) is 10.5. The molecule has 6 nitrogen and oxygen atoms in total. The number of carbonyl (C=O) groups excluding carboxylic acids is 1. The van der Waals surface area contributed by atoms with Crippen molar-refractivity contribution < 1.29 is 17.9 Å². The lowest BCUT2D eigenvalue weighted by Gasteiger charge is -2.35. The van der Waals surface area contributed by atoms with Crippen LogP contribution < -0.4 is 4.74 Å². The number of halogens is 1. The highest BCUT2D eigenvalue weighted by atomic mass is 35.5. The molecule has 0 saturated carbocycles. The lowest BCUT2D eigenvalue weighted by molar-refractivity contribution is -0.139. The zero-order chi connectivity index (χ0) is 19.4. The van der Waals surface area contributed by atoms with Gasteiger partial charge in [0.05, 0.1) is 4.90 Å². The van der Waals surface area contributed by atoms with Crippen molar-refractivity contribution >= 4 is 27.5 Å². The molecule has 1 saturated heterocycles. The third-order valence-corrected chi connectivity index (χ3v) is 6.54. The first-order valence-electron chi connectivity index (χ1n) is 8.64. The largest absolute Gasteiger partial charge is 0.481 e. The van der Waals surface area contributed by atoms with E-state index >= 15 is 0 Å². The molecule has 0 radical (unpaired) electrons. The zero-order valence-electron chi connectivity index (χ0n) is 14.9. The number of amides is 1. The number of benzene rings is 2. The highest BCUT2D eigenvalue weighted by Gasteiger charge is 2.31. The minimum Gasteiger partial charge on any atom is -0.481 e. The monoisotopic (exact) mass is 408 g/mol. The van der Waals surface area contributed by atoms with Gasteiger partial charge in [-0.1, -0.05) is 35.9 Å². The minimum absolute atomic E-state index is 0.174. The number of carbonyl (C=O) groups is 1. The second-order valence-corrected chi connectivity index (χ2v) is 8.63. The maximum Gasteiger partial charge on any atom is 0.263 e. The third kappa shape index (κ3) is 4.61. The van der Waals surface area contributed by atoms with Gasteiger partial charge in [-0.2, -0.15) is 4.31 Å². The van der Waals surface area contributed by atoms with Crippen molar-refractivity contribution in [3.05, 3.63) is 59.6 Å². The van der Waals surface area contributed by atoms with E-state index in [1.54, 1.807) is 66.4 Å². The minimum atomic E-state index is -3.54. The highest BCUT2D eigenvalue weighted by molar-refractivity contribution is 7.89.